The third kappa shape index (κ3) is 2.24. The minimum Gasteiger partial charge on any atom is -0.0776 e. The van der Waals surface area contributed by atoms with Gasteiger partial charge < -0.3 is 0 Å². The molecule has 0 radical (unpaired) electrons. The van der Waals surface area contributed by atoms with Crippen LogP contribution in [0.4, 0.5) is 0 Å². The molecule has 0 N–H and O–H groups in total. The molecule has 0 nitrogen and oxygen atoms in total. The number of hydrogen-bond donors (Lipinski definition) is 0. The quantitative estimate of drug-likeness (QED) is 0.528. The van der Waals surface area contributed by atoms with Crippen molar-refractivity contribution in [2.24, 2.45) is 11.8 Å². The molecule has 72 valence electrons. The van der Waals surface area contributed by atoms with E-state index in [9.17, 15) is 0 Å². The third-order valence-electron chi connectivity index (χ3n) is 3.37. The first-order valence-corrected chi connectivity index (χ1v) is 5.76. The largest absolute Gasteiger partial charge is 0.0776 e. The Morgan fingerprint density at radius 2 is 1.77 bits per heavy atom. The molecule has 2 aliphatic rings. The van der Waals surface area contributed by atoms with Gasteiger partial charge in [-0.25, -0.2) is 0 Å². The average Bonchev–Trinajstić information content (AvgIpc) is 2.43. The summed E-state index contributed by atoms with van der Waals surface area (Å²) >= 11 is 0. The summed E-state index contributed by atoms with van der Waals surface area (Å²) in [6, 6.07) is 0. The van der Waals surface area contributed by atoms with E-state index in [1.54, 1.807) is 5.57 Å². The SMILES string of the molecule is CC1C=CC(C2CCCCCC2)=C1. The van der Waals surface area contributed by atoms with E-state index in [2.05, 4.69) is 25.2 Å². The van der Waals surface area contributed by atoms with Gasteiger partial charge in [0, 0.05) is 0 Å². The van der Waals surface area contributed by atoms with E-state index in [-0.39, 0.29) is 0 Å². The normalized spacial score (nSPS) is 30.2. The highest BCUT2D eigenvalue weighted by molar-refractivity contribution is 5.30. The summed E-state index contributed by atoms with van der Waals surface area (Å²) in [6.45, 7) is 2.28. The van der Waals surface area contributed by atoms with Gasteiger partial charge in [-0.2, -0.15) is 0 Å². The van der Waals surface area contributed by atoms with Crippen LogP contribution in [0.1, 0.15) is 45.4 Å². The zero-order valence-corrected chi connectivity index (χ0v) is 8.63. The van der Waals surface area contributed by atoms with Crippen LogP contribution in [0.5, 0.6) is 0 Å². The Kier molecular flexibility index (Phi) is 2.87. The molecule has 0 heterocycles. The van der Waals surface area contributed by atoms with Crippen molar-refractivity contribution < 1.29 is 0 Å². The van der Waals surface area contributed by atoms with Crippen molar-refractivity contribution in [2.45, 2.75) is 45.4 Å². The zero-order valence-electron chi connectivity index (χ0n) is 8.63. The van der Waals surface area contributed by atoms with Crippen molar-refractivity contribution >= 4 is 0 Å². The molecule has 1 atom stereocenters. The molecule has 0 aromatic rings. The summed E-state index contributed by atoms with van der Waals surface area (Å²) in [5.74, 6) is 1.59. The summed E-state index contributed by atoms with van der Waals surface area (Å²) in [6.07, 6.45) is 15.8. The Labute approximate surface area is 81.7 Å². The molecular weight excluding hydrogens is 156 g/mol. The Morgan fingerprint density at radius 3 is 2.31 bits per heavy atom. The van der Waals surface area contributed by atoms with Gasteiger partial charge in [0.05, 0.1) is 0 Å². The maximum absolute atomic E-state index is 2.45. The van der Waals surface area contributed by atoms with Crippen LogP contribution in [0.3, 0.4) is 0 Å². The summed E-state index contributed by atoms with van der Waals surface area (Å²) < 4.78 is 0. The Hall–Kier alpha value is -0.520. The van der Waals surface area contributed by atoms with E-state index in [4.69, 9.17) is 0 Å². The Balaban J connectivity index is 1.99. The summed E-state index contributed by atoms with van der Waals surface area (Å²) in [5.41, 5.74) is 1.63. The summed E-state index contributed by atoms with van der Waals surface area (Å²) in [7, 11) is 0. The number of allylic oxidation sites excluding steroid dienone is 4. The molecule has 0 heteroatoms. The fourth-order valence-corrected chi connectivity index (χ4v) is 2.56. The number of hydrogen-bond acceptors (Lipinski definition) is 0. The van der Waals surface area contributed by atoms with Gasteiger partial charge in [0.15, 0.2) is 0 Å². The van der Waals surface area contributed by atoms with Crippen molar-refractivity contribution in [1.29, 1.82) is 0 Å². The van der Waals surface area contributed by atoms with E-state index in [1.165, 1.54) is 38.5 Å². The second-order valence-corrected chi connectivity index (χ2v) is 4.57. The average molecular weight is 176 g/mol. The molecule has 0 saturated heterocycles. The maximum atomic E-state index is 2.45. The minimum atomic E-state index is 0.693. The fourth-order valence-electron chi connectivity index (χ4n) is 2.56. The maximum Gasteiger partial charge on any atom is -0.00727 e. The topological polar surface area (TPSA) is 0 Å². The van der Waals surface area contributed by atoms with Gasteiger partial charge in [-0.05, 0) is 30.3 Å². The fraction of sp³-hybridized carbons (Fsp3) is 0.692. The molecule has 0 spiro atoms. The van der Waals surface area contributed by atoms with E-state index in [0.29, 0.717) is 5.92 Å². The van der Waals surface area contributed by atoms with Crippen LogP contribution in [0.15, 0.2) is 23.8 Å². The highest BCUT2D eigenvalue weighted by Crippen LogP contribution is 2.32. The van der Waals surface area contributed by atoms with Gasteiger partial charge in [-0.1, -0.05) is 50.8 Å². The van der Waals surface area contributed by atoms with Gasteiger partial charge >= 0.3 is 0 Å². The minimum absolute atomic E-state index is 0.693. The molecule has 1 fully saturated rings. The molecule has 0 aliphatic heterocycles. The smallest absolute Gasteiger partial charge is 0.00727 e. The van der Waals surface area contributed by atoms with Crippen molar-refractivity contribution in [3.63, 3.8) is 0 Å². The van der Waals surface area contributed by atoms with Gasteiger partial charge in [0.25, 0.3) is 0 Å². The first-order valence-electron chi connectivity index (χ1n) is 5.76. The molecule has 0 aromatic heterocycles. The van der Waals surface area contributed by atoms with E-state index < -0.39 is 0 Å². The van der Waals surface area contributed by atoms with Crippen LogP contribution in [0.2, 0.25) is 0 Å². The van der Waals surface area contributed by atoms with E-state index in [1.807, 2.05) is 0 Å². The van der Waals surface area contributed by atoms with Crippen molar-refractivity contribution in [3.05, 3.63) is 23.8 Å². The lowest BCUT2D eigenvalue weighted by atomic mass is 9.92. The lowest BCUT2D eigenvalue weighted by Crippen LogP contribution is -2.00. The summed E-state index contributed by atoms with van der Waals surface area (Å²) in [4.78, 5) is 0. The van der Waals surface area contributed by atoms with Gasteiger partial charge in [0.2, 0.25) is 0 Å². The highest BCUT2D eigenvalue weighted by atomic mass is 14.2. The highest BCUT2D eigenvalue weighted by Gasteiger charge is 2.17. The molecule has 0 amide bonds. The molecule has 1 saturated carbocycles. The van der Waals surface area contributed by atoms with Crippen LogP contribution in [-0.4, -0.2) is 0 Å². The molecule has 0 aromatic carbocycles. The monoisotopic (exact) mass is 176 g/mol. The van der Waals surface area contributed by atoms with Crippen LogP contribution in [0.25, 0.3) is 0 Å². The lowest BCUT2D eigenvalue weighted by Gasteiger charge is -2.13. The molecular formula is C13H20. The Morgan fingerprint density at radius 1 is 1.08 bits per heavy atom. The van der Waals surface area contributed by atoms with Crippen LogP contribution in [0, 0.1) is 11.8 Å². The molecule has 2 rings (SSSR count). The van der Waals surface area contributed by atoms with Crippen molar-refractivity contribution in [2.75, 3.05) is 0 Å². The predicted octanol–water partition coefficient (Wildman–Crippen LogP) is 4.09. The zero-order chi connectivity index (χ0) is 9.10. The van der Waals surface area contributed by atoms with Gasteiger partial charge in [-0.3, -0.25) is 0 Å². The molecule has 13 heavy (non-hydrogen) atoms. The van der Waals surface area contributed by atoms with Crippen LogP contribution < -0.4 is 0 Å². The van der Waals surface area contributed by atoms with Gasteiger partial charge in [0.1, 0.15) is 0 Å². The second-order valence-electron chi connectivity index (χ2n) is 4.57. The van der Waals surface area contributed by atoms with Crippen molar-refractivity contribution in [3.8, 4) is 0 Å². The molecule has 0 bridgehead atoms. The van der Waals surface area contributed by atoms with Gasteiger partial charge in [-0.15, -0.1) is 0 Å². The van der Waals surface area contributed by atoms with Crippen LogP contribution >= 0.6 is 0 Å². The standard InChI is InChI=1S/C13H20/c1-11-8-9-13(10-11)12-6-4-2-3-5-7-12/h8-12H,2-7H2,1H3. The predicted molar refractivity (Wildman–Crippen MR) is 57.6 cm³/mol. The van der Waals surface area contributed by atoms with Crippen LogP contribution in [-0.2, 0) is 0 Å². The van der Waals surface area contributed by atoms with E-state index >= 15 is 0 Å². The third-order valence-corrected chi connectivity index (χ3v) is 3.37. The summed E-state index contributed by atoms with van der Waals surface area (Å²) in [5, 5.41) is 0. The first kappa shape index (κ1) is 9.05. The first-order chi connectivity index (χ1) is 6.36. The number of rotatable bonds is 1. The second kappa shape index (κ2) is 4.13. The molecule has 1 unspecified atom stereocenters. The van der Waals surface area contributed by atoms with E-state index in [0.717, 1.165) is 5.92 Å². The lowest BCUT2D eigenvalue weighted by molar-refractivity contribution is 0.539. The van der Waals surface area contributed by atoms with Crippen molar-refractivity contribution in [1.82, 2.24) is 0 Å². The molecule has 2 aliphatic carbocycles. The Bertz CT molecular complexity index is 214.